The monoisotopic (exact) mass is 157 g/mol. The second-order valence-electron chi connectivity index (χ2n) is 1.92. The maximum atomic E-state index is 5.42. The van der Waals surface area contributed by atoms with E-state index in [4.69, 9.17) is 5.73 Å². The van der Waals surface area contributed by atoms with E-state index in [2.05, 4.69) is 16.9 Å². The van der Waals surface area contributed by atoms with E-state index in [0.717, 1.165) is 17.3 Å². The molecule has 0 bridgehead atoms. The molecule has 0 saturated heterocycles. The average molecular weight is 157 g/mol. The van der Waals surface area contributed by atoms with Gasteiger partial charge in [0, 0.05) is 0 Å². The van der Waals surface area contributed by atoms with Crippen LogP contribution in [-0.4, -0.2) is 15.7 Å². The van der Waals surface area contributed by atoms with Crippen molar-refractivity contribution in [1.82, 2.24) is 9.97 Å². The highest BCUT2D eigenvalue weighted by molar-refractivity contribution is 7.98. The highest BCUT2D eigenvalue weighted by Gasteiger charge is 1.94. The number of nitrogens with one attached hydrogen (secondary N) is 1. The van der Waals surface area contributed by atoms with Crippen LogP contribution in [-0.2, 0) is 5.75 Å². The van der Waals surface area contributed by atoms with Crippen molar-refractivity contribution in [2.24, 2.45) is 0 Å². The molecule has 0 unspecified atom stereocenters. The van der Waals surface area contributed by atoms with Crippen LogP contribution in [0.15, 0.2) is 6.20 Å². The summed E-state index contributed by atoms with van der Waals surface area (Å²) in [5.41, 5.74) is 5.42. The summed E-state index contributed by atoms with van der Waals surface area (Å²) in [7, 11) is 0. The molecule has 3 N–H and O–H groups in total. The lowest BCUT2D eigenvalue weighted by atomic mass is 10.7. The molecule has 0 radical (unpaired) electrons. The van der Waals surface area contributed by atoms with Crippen LogP contribution in [0.2, 0.25) is 0 Å². The zero-order valence-electron chi connectivity index (χ0n) is 5.92. The number of aromatic amines is 1. The number of nitrogen functional groups attached to an aromatic ring is 1. The van der Waals surface area contributed by atoms with Crippen LogP contribution in [0.3, 0.4) is 0 Å². The summed E-state index contributed by atoms with van der Waals surface area (Å²) in [5.74, 6) is 3.64. The Balaban J connectivity index is 2.42. The SMILES string of the molecule is CCSCc1ncc(N)[nH]1. The third-order valence-corrected chi connectivity index (χ3v) is 1.98. The zero-order chi connectivity index (χ0) is 7.40. The van der Waals surface area contributed by atoms with Crippen LogP contribution >= 0.6 is 11.8 Å². The minimum Gasteiger partial charge on any atom is -0.384 e. The van der Waals surface area contributed by atoms with Crippen LogP contribution in [0.4, 0.5) is 5.82 Å². The number of aromatic nitrogens is 2. The zero-order valence-corrected chi connectivity index (χ0v) is 6.74. The van der Waals surface area contributed by atoms with Gasteiger partial charge in [-0.25, -0.2) is 4.98 Å². The Morgan fingerprint density at radius 1 is 1.80 bits per heavy atom. The maximum Gasteiger partial charge on any atom is 0.120 e. The number of nitrogens with two attached hydrogens (primary N) is 1. The van der Waals surface area contributed by atoms with Crippen LogP contribution in [0, 0.1) is 0 Å². The van der Waals surface area contributed by atoms with E-state index < -0.39 is 0 Å². The highest BCUT2D eigenvalue weighted by Crippen LogP contribution is 2.08. The molecule has 0 aliphatic rings. The van der Waals surface area contributed by atoms with E-state index in [1.165, 1.54) is 0 Å². The number of anilines is 1. The van der Waals surface area contributed by atoms with E-state index in [9.17, 15) is 0 Å². The normalized spacial score (nSPS) is 10.1. The van der Waals surface area contributed by atoms with Crippen LogP contribution in [0.5, 0.6) is 0 Å². The van der Waals surface area contributed by atoms with Crippen LogP contribution in [0.1, 0.15) is 12.7 Å². The Bertz CT molecular complexity index is 197. The molecule has 1 aromatic heterocycles. The molecule has 0 spiro atoms. The van der Waals surface area contributed by atoms with Crippen molar-refractivity contribution in [3.8, 4) is 0 Å². The number of nitrogens with zero attached hydrogens (tertiary/aromatic N) is 1. The van der Waals surface area contributed by atoms with E-state index in [1.54, 1.807) is 6.20 Å². The summed E-state index contributed by atoms with van der Waals surface area (Å²) in [6.45, 7) is 2.12. The van der Waals surface area contributed by atoms with Crippen molar-refractivity contribution < 1.29 is 0 Å². The molecule has 0 atom stereocenters. The molecular formula is C6H11N3S. The van der Waals surface area contributed by atoms with Crippen molar-refractivity contribution >= 4 is 17.6 Å². The largest absolute Gasteiger partial charge is 0.384 e. The molecule has 0 amide bonds. The van der Waals surface area contributed by atoms with Gasteiger partial charge in [-0.15, -0.1) is 0 Å². The molecule has 10 heavy (non-hydrogen) atoms. The predicted octanol–water partition coefficient (Wildman–Crippen LogP) is 1.24. The minimum atomic E-state index is 0.645. The second kappa shape index (κ2) is 3.51. The molecule has 1 aromatic rings. The standard InChI is InChI=1S/C6H11N3S/c1-2-10-4-6-8-3-5(7)9-6/h3H,2,4,7H2,1H3,(H,8,9). The smallest absolute Gasteiger partial charge is 0.120 e. The van der Waals surface area contributed by atoms with Gasteiger partial charge < -0.3 is 10.7 Å². The Kier molecular flexibility index (Phi) is 2.62. The van der Waals surface area contributed by atoms with E-state index in [1.807, 2.05) is 11.8 Å². The molecule has 1 heterocycles. The Morgan fingerprint density at radius 2 is 2.60 bits per heavy atom. The fraction of sp³-hybridized carbons (Fsp3) is 0.500. The van der Waals surface area contributed by atoms with Gasteiger partial charge >= 0.3 is 0 Å². The molecule has 0 saturated carbocycles. The predicted molar refractivity (Wildman–Crippen MR) is 44.8 cm³/mol. The number of H-pyrrole nitrogens is 1. The first-order valence-electron chi connectivity index (χ1n) is 3.20. The molecule has 0 aliphatic heterocycles. The average Bonchev–Trinajstić information content (AvgIpc) is 2.31. The summed E-state index contributed by atoms with van der Waals surface area (Å²) in [6.07, 6.45) is 1.64. The van der Waals surface area contributed by atoms with Gasteiger partial charge in [-0.2, -0.15) is 11.8 Å². The molecule has 0 fully saturated rings. The van der Waals surface area contributed by atoms with E-state index in [0.29, 0.717) is 5.82 Å². The second-order valence-corrected chi connectivity index (χ2v) is 3.20. The summed E-state index contributed by atoms with van der Waals surface area (Å²) in [6, 6.07) is 0. The van der Waals surface area contributed by atoms with E-state index in [-0.39, 0.29) is 0 Å². The van der Waals surface area contributed by atoms with Crippen molar-refractivity contribution in [3.05, 3.63) is 12.0 Å². The summed E-state index contributed by atoms with van der Waals surface area (Å²) in [5, 5.41) is 0. The summed E-state index contributed by atoms with van der Waals surface area (Å²) < 4.78 is 0. The van der Waals surface area contributed by atoms with Gasteiger partial charge in [0.1, 0.15) is 11.6 Å². The first-order valence-corrected chi connectivity index (χ1v) is 4.35. The molecule has 0 aliphatic carbocycles. The summed E-state index contributed by atoms with van der Waals surface area (Å²) in [4.78, 5) is 7.01. The molecule has 56 valence electrons. The maximum absolute atomic E-state index is 5.42. The lowest BCUT2D eigenvalue weighted by Gasteiger charge is -1.91. The van der Waals surface area contributed by atoms with Gasteiger partial charge in [0.2, 0.25) is 0 Å². The lowest BCUT2D eigenvalue weighted by molar-refractivity contribution is 1.12. The topological polar surface area (TPSA) is 54.7 Å². The molecular weight excluding hydrogens is 146 g/mol. The van der Waals surface area contributed by atoms with Crippen molar-refractivity contribution in [1.29, 1.82) is 0 Å². The van der Waals surface area contributed by atoms with Crippen molar-refractivity contribution in [2.75, 3.05) is 11.5 Å². The van der Waals surface area contributed by atoms with Gasteiger partial charge in [-0.1, -0.05) is 6.92 Å². The Hall–Kier alpha value is -0.640. The lowest BCUT2D eigenvalue weighted by Crippen LogP contribution is -1.86. The van der Waals surface area contributed by atoms with Crippen molar-refractivity contribution in [2.45, 2.75) is 12.7 Å². The Morgan fingerprint density at radius 3 is 3.10 bits per heavy atom. The van der Waals surface area contributed by atoms with Gasteiger partial charge in [0.25, 0.3) is 0 Å². The fourth-order valence-electron chi connectivity index (χ4n) is 0.651. The number of imidazole rings is 1. The molecule has 1 rings (SSSR count). The summed E-state index contributed by atoms with van der Waals surface area (Å²) >= 11 is 1.83. The minimum absolute atomic E-state index is 0.645. The van der Waals surface area contributed by atoms with Crippen molar-refractivity contribution in [3.63, 3.8) is 0 Å². The van der Waals surface area contributed by atoms with Gasteiger partial charge in [-0.3, -0.25) is 0 Å². The molecule has 0 aromatic carbocycles. The molecule has 3 nitrogen and oxygen atoms in total. The van der Waals surface area contributed by atoms with Gasteiger partial charge in [-0.05, 0) is 5.75 Å². The van der Waals surface area contributed by atoms with E-state index >= 15 is 0 Å². The number of rotatable bonds is 3. The molecule has 4 heteroatoms. The fourth-order valence-corrected chi connectivity index (χ4v) is 1.19. The number of thioether (sulfide) groups is 1. The van der Waals surface area contributed by atoms with Crippen LogP contribution < -0.4 is 5.73 Å². The first-order chi connectivity index (χ1) is 4.83. The Labute approximate surface area is 64.4 Å². The number of hydrogen-bond donors (Lipinski definition) is 2. The third-order valence-electron chi connectivity index (χ3n) is 1.09. The number of hydrogen-bond acceptors (Lipinski definition) is 3. The highest BCUT2D eigenvalue weighted by atomic mass is 32.2. The van der Waals surface area contributed by atoms with Gasteiger partial charge in [0.05, 0.1) is 11.9 Å². The third kappa shape index (κ3) is 1.95. The van der Waals surface area contributed by atoms with Crippen LogP contribution in [0.25, 0.3) is 0 Å². The quantitative estimate of drug-likeness (QED) is 0.694. The first kappa shape index (κ1) is 7.47. The van der Waals surface area contributed by atoms with Gasteiger partial charge in [0.15, 0.2) is 0 Å².